The number of carbonyl (C=O) groups excluding carboxylic acids is 1. The lowest BCUT2D eigenvalue weighted by Crippen LogP contribution is -2.51. The second-order valence-electron chi connectivity index (χ2n) is 6.70. The number of fused-ring (bicyclic) bond motifs is 1. The summed E-state index contributed by atoms with van der Waals surface area (Å²) in [7, 11) is 0. The second-order valence-corrected chi connectivity index (χ2v) is 6.70. The van der Waals surface area contributed by atoms with Crippen LogP contribution in [0.2, 0.25) is 0 Å². The van der Waals surface area contributed by atoms with E-state index in [4.69, 9.17) is 4.74 Å². The molecule has 23 heavy (non-hydrogen) atoms. The largest absolute Gasteiger partial charge is 0.488 e. The number of amides is 1. The number of hydrogen-bond acceptors (Lipinski definition) is 4. The number of likely N-dealkylation sites (tertiary alicyclic amines) is 1. The third-order valence-corrected chi connectivity index (χ3v) is 5.01. The van der Waals surface area contributed by atoms with Crippen LogP contribution in [0.3, 0.4) is 0 Å². The highest BCUT2D eigenvalue weighted by molar-refractivity contribution is 5.78. The van der Waals surface area contributed by atoms with Crippen LogP contribution in [-0.2, 0) is 11.2 Å². The summed E-state index contributed by atoms with van der Waals surface area (Å²) in [6, 6.07) is 8.11. The number of nitrogens with one attached hydrogen (secondary N) is 1. The minimum atomic E-state index is 0.0112. The van der Waals surface area contributed by atoms with Crippen LogP contribution in [-0.4, -0.2) is 54.3 Å². The van der Waals surface area contributed by atoms with Crippen LogP contribution >= 0.6 is 0 Å². The molecule has 0 saturated carbocycles. The first-order valence-corrected chi connectivity index (χ1v) is 8.53. The second kappa shape index (κ2) is 7.32. The summed E-state index contributed by atoms with van der Waals surface area (Å²) in [5.74, 6) is 1.38. The molecule has 5 nitrogen and oxygen atoms in total. The Labute approximate surface area is 137 Å². The van der Waals surface area contributed by atoms with Crippen LogP contribution in [0, 0.1) is 5.92 Å². The Morgan fingerprint density at radius 3 is 3.04 bits per heavy atom. The van der Waals surface area contributed by atoms with E-state index in [0.717, 1.165) is 31.6 Å². The standard InChI is InChI=1S/C18H26N2O3/c1-13-5-4-8-20(16(13)12-21)11-18(22)19-10-15-9-14-6-2-3-7-17(14)23-15/h2-3,6-7,13,15-16,21H,4-5,8-12H2,1H3,(H,19,22). The molecule has 1 fully saturated rings. The number of nitrogens with zero attached hydrogens (tertiary/aromatic N) is 1. The zero-order valence-corrected chi connectivity index (χ0v) is 13.7. The van der Waals surface area contributed by atoms with E-state index in [1.807, 2.05) is 18.2 Å². The summed E-state index contributed by atoms with van der Waals surface area (Å²) in [4.78, 5) is 14.3. The molecule has 0 bridgehead atoms. The SMILES string of the molecule is CC1CCCN(CC(=O)NCC2Cc3ccccc3O2)C1CO. The van der Waals surface area contributed by atoms with Crippen molar-refractivity contribution in [2.75, 3.05) is 26.2 Å². The fourth-order valence-electron chi connectivity index (χ4n) is 3.66. The molecular weight excluding hydrogens is 292 g/mol. The molecule has 0 aromatic heterocycles. The van der Waals surface area contributed by atoms with Gasteiger partial charge in [-0.15, -0.1) is 0 Å². The van der Waals surface area contributed by atoms with E-state index in [-0.39, 0.29) is 24.7 Å². The highest BCUT2D eigenvalue weighted by Gasteiger charge is 2.29. The highest BCUT2D eigenvalue weighted by Crippen LogP contribution is 2.27. The number of para-hydroxylation sites is 1. The predicted octanol–water partition coefficient (Wildman–Crippen LogP) is 1.20. The van der Waals surface area contributed by atoms with Gasteiger partial charge in [-0.2, -0.15) is 0 Å². The lowest BCUT2D eigenvalue weighted by Gasteiger charge is -2.38. The monoisotopic (exact) mass is 318 g/mol. The molecule has 126 valence electrons. The van der Waals surface area contributed by atoms with E-state index < -0.39 is 0 Å². The normalized spacial score (nSPS) is 27.3. The molecule has 1 amide bonds. The number of rotatable bonds is 5. The van der Waals surface area contributed by atoms with E-state index in [2.05, 4.69) is 23.2 Å². The minimum absolute atomic E-state index is 0.0112. The van der Waals surface area contributed by atoms with Crippen molar-refractivity contribution in [1.29, 1.82) is 0 Å². The lowest BCUT2D eigenvalue weighted by molar-refractivity contribution is -0.124. The quantitative estimate of drug-likeness (QED) is 0.856. The summed E-state index contributed by atoms with van der Waals surface area (Å²) < 4.78 is 5.84. The summed E-state index contributed by atoms with van der Waals surface area (Å²) in [5.41, 5.74) is 1.21. The number of ether oxygens (including phenoxy) is 1. The first kappa shape index (κ1) is 16.3. The van der Waals surface area contributed by atoms with Crippen molar-refractivity contribution < 1.29 is 14.6 Å². The van der Waals surface area contributed by atoms with Crippen LogP contribution in [0.5, 0.6) is 5.75 Å². The molecule has 5 heteroatoms. The third kappa shape index (κ3) is 3.85. The highest BCUT2D eigenvalue weighted by atomic mass is 16.5. The molecule has 3 unspecified atom stereocenters. The van der Waals surface area contributed by atoms with Gasteiger partial charge in [0.05, 0.1) is 19.7 Å². The van der Waals surface area contributed by atoms with Crippen LogP contribution in [0.4, 0.5) is 0 Å². The van der Waals surface area contributed by atoms with Crippen LogP contribution in [0.15, 0.2) is 24.3 Å². The van der Waals surface area contributed by atoms with Crippen molar-refractivity contribution >= 4 is 5.91 Å². The van der Waals surface area contributed by atoms with Gasteiger partial charge in [0, 0.05) is 12.5 Å². The number of aliphatic hydroxyl groups excluding tert-OH is 1. The number of carbonyl (C=O) groups is 1. The molecule has 3 atom stereocenters. The van der Waals surface area contributed by atoms with E-state index in [9.17, 15) is 9.90 Å². The van der Waals surface area contributed by atoms with Crippen LogP contribution in [0.1, 0.15) is 25.3 Å². The zero-order valence-electron chi connectivity index (χ0n) is 13.7. The molecule has 2 aliphatic heterocycles. The van der Waals surface area contributed by atoms with Gasteiger partial charge in [0.1, 0.15) is 11.9 Å². The van der Waals surface area contributed by atoms with Crippen molar-refractivity contribution in [3.05, 3.63) is 29.8 Å². The van der Waals surface area contributed by atoms with Gasteiger partial charge >= 0.3 is 0 Å². The van der Waals surface area contributed by atoms with Crippen LogP contribution in [0.25, 0.3) is 0 Å². The third-order valence-electron chi connectivity index (χ3n) is 5.01. The molecule has 0 spiro atoms. The Morgan fingerprint density at radius 2 is 2.26 bits per heavy atom. The maximum absolute atomic E-state index is 12.2. The van der Waals surface area contributed by atoms with E-state index in [1.165, 1.54) is 5.56 Å². The molecule has 2 heterocycles. The molecule has 1 aromatic rings. The van der Waals surface area contributed by atoms with E-state index in [0.29, 0.717) is 19.0 Å². The number of benzene rings is 1. The number of piperidine rings is 1. The van der Waals surface area contributed by atoms with E-state index in [1.54, 1.807) is 0 Å². The van der Waals surface area contributed by atoms with Gasteiger partial charge < -0.3 is 15.2 Å². The van der Waals surface area contributed by atoms with E-state index >= 15 is 0 Å². The Kier molecular flexibility index (Phi) is 5.18. The number of hydrogen-bond donors (Lipinski definition) is 2. The van der Waals surface area contributed by atoms with Crippen LogP contribution < -0.4 is 10.1 Å². The molecule has 1 saturated heterocycles. The predicted molar refractivity (Wildman–Crippen MR) is 88.4 cm³/mol. The summed E-state index contributed by atoms with van der Waals surface area (Å²) in [6.45, 7) is 4.04. The lowest BCUT2D eigenvalue weighted by atomic mass is 9.91. The average Bonchev–Trinajstić information content (AvgIpc) is 2.96. The smallest absolute Gasteiger partial charge is 0.234 e. The fourth-order valence-corrected chi connectivity index (χ4v) is 3.66. The Bertz CT molecular complexity index is 524. The van der Waals surface area contributed by atoms with Crippen molar-refractivity contribution in [2.45, 2.75) is 38.3 Å². The van der Waals surface area contributed by atoms with Crippen molar-refractivity contribution in [3.63, 3.8) is 0 Å². The molecule has 2 aliphatic rings. The molecule has 0 aliphatic carbocycles. The Morgan fingerprint density at radius 1 is 1.43 bits per heavy atom. The van der Waals surface area contributed by atoms with Gasteiger partial charge in [-0.05, 0) is 36.9 Å². The maximum atomic E-state index is 12.2. The first-order chi connectivity index (χ1) is 11.2. The molecule has 3 rings (SSSR count). The average molecular weight is 318 g/mol. The van der Waals surface area contributed by atoms with Crippen molar-refractivity contribution in [3.8, 4) is 5.75 Å². The topological polar surface area (TPSA) is 61.8 Å². The molecule has 0 radical (unpaired) electrons. The molecule has 2 N–H and O–H groups in total. The zero-order chi connectivity index (χ0) is 16.2. The van der Waals surface area contributed by atoms with Gasteiger partial charge in [0.15, 0.2) is 0 Å². The minimum Gasteiger partial charge on any atom is -0.488 e. The Hall–Kier alpha value is -1.59. The summed E-state index contributed by atoms with van der Waals surface area (Å²) in [6.07, 6.45) is 3.07. The van der Waals surface area contributed by atoms with Gasteiger partial charge in [-0.1, -0.05) is 25.1 Å². The Balaban J connectivity index is 1.45. The van der Waals surface area contributed by atoms with Crippen molar-refractivity contribution in [1.82, 2.24) is 10.2 Å². The summed E-state index contributed by atoms with van der Waals surface area (Å²) in [5, 5.41) is 12.5. The van der Waals surface area contributed by atoms with Gasteiger partial charge in [-0.25, -0.2) is 0 Å². The van der Waals surface area contributed by atoms with Crippen molar-refractivity contribution in [2.24, 2.45) is 5.92 Å². The summed E-state index contributed by atoms with van der Waals surface area (Å²) >= 11 is 0. The van der Waals surface area contributed by atoms with Gasteiger partial charge in [0.2, 0.25) is 5.91 Å². The molecular formula is C18H26N2O3. The molecule has 1 aromatic carbocycles. The fraction of sp³-hybridized carbons (Fsp3) is 0.611. The first-order valence-electron chi connectivity index (χ1n) is 8.53. The number of aliphatic hydroxyl groups is 1. The maximum Gasteiger partial charge on any atom is 0.234 e. The van der Waals surface area contributed by atoms with Gasteiger partial charge in [-0.3, -0.25) is 9.69 Å². The van der Waals surface area contributed by atoms with Gasteiger partial charge in [0.25, 0.3) is 0 Å².